The highest BCUT2D eigenvalue weighted by Gasteiger charge is 2.03. The van der Waals surface area contributed by atoms with Gasteiger partial charge < -0.3 is 5.73 Å². The topological polar surface area (TPSA) is 26.0 Å². The van der Waals surface area contributed by atoms with E-state index in [1.165, 1.54) is 16.7 Å². The van der Waals surface area contributed by atoms with Crippen LogP contribution in [0.2, 0.25) is 0 Å². The van der Waals surface area contributed by atoms with Gasteiger partial charge in [0.2, 0.25) is 0 Å². The lowest BCUT2D eigenvalue weighted by molar-refractivity contribution is 0.856. The first-order chi connectivity index (χ1) is 8.92. The van der Waals surface area contributed by atoms with Gasteiger partial charge in [-0.1, -0.05) is 66.7 Å². The van der Waals surface area contributed by atoms with Gasteiger partial charge in [-0.2, -0.15) is 0 Å². The summed E-state index contributed by atoms with van der Waals surface area (Å²) in [6.45, 7) is 0.743. The zero-order valence-corrected chi connectivity index (χ0v) is 11.8. The molecule has 0 heterocycles. The molecule has 0 unspecified atom stereocenters. The number of benzene rings is 2. The lowest BCUT2D eigenvalue weighted by Gasteiger charge is -2.08. The van der Waals surface area contributed by atoms with Crippen LogP contribution in [0, 0.1) is 0 Å². The predicted molar refractivity (Wildman–Crippen MR) is 85.5 cm³/mol. The van der Waals surface area contributed by atoms with E-state index in [9.17, 15) is 0 Å². The maximum absolute atomic E-state index is 5.56. The summed E-state index contributed by atoms with van der Waals surface area (Å²) < 4.78 is 0. The Bertz CT molecular complexity index is 450. The number of rotatable bonds is 5. The van der Waals surface area contributed by atoms with E-state index in [0.29, 0.717) is 0 Å². The Morgan fingerprint density at radius 3 is 1.74 bits per heavy atom. The van der Waals surface area contributed by atoms with E-state index in [1.54, 1.807) is 0 Å². The highest BCUT2D eigenvalue weighted by molar-refractivity contribution is 5.85. The van der Waals surface area contributed by atoms with Crippen molar-refractivity contribution in [1.82, 2.24) is 0 Å². The highest BCUT2D eigenvalue weighted by atomic mass is 35.5. The molecule has 2 heteroatoms. The molecule has 1 nitrogen and oxygen atoms in total. The second-order valence-corrected chi connectivity index (χ2v) is 4.28. The molecule has 2 N–H and O–H groups in total. The molecular weight excluding hydrogens is 254 g/mol. The van der Waals surface area contributed by atoms with Gasteiger partial charge in [0.15, 0.2) is 0 Å². The summed E-state index contributed by atoms with van der Waals surface area (Å²) in [5.74, 6) is 0. The van der Waals surface area contributed by atoms with Gasteiger partial charge in [0.25, 0.3) is 0 Å². The standard InChI is InChI=1S/C17H19N.ClH/c18-14-8-7-13-17(15-9-3-1-4-10-15)16-11-5-2-6-12-16;/h1-6,9-13H,7-8,14,18H2;1H. The lowest BCUT2D eigenvalue weighted by atomic mass is 9.96. The smallest absolute Gasteiger partial charge is 0.00743 e. The first-order valence-electron chi connectivity index (χ1n) is 6.43. The second kappa shape index (κ2) is 8.52. The summed E-state index contributed by atoms with van der Waals surface area (Å²) in [5, 5.41) is 0. The van der Waals surface area contributed by atoms with Crippen molar-refractivity contribution in [2.24, 2.45) is 5.73 Å². The molecule has 2 rings (SSSR count). The fourth-order valence-corrected chi connectivity index (χ4v) is 2.00. The van der Waals surface area contributed by atoms with Crippen molar-refractivity contribution in [3.8, 4) is 0 Å². The molecule has 0 atom stereocenters. The maximum Gasteiger partial charge on any atom is -0.00743 e. The molecule has 0 saturated heterocycles. The SMILES string of the molecule is Cl.NCCCC=C(c1ccccc1)c1ccccc1. The second-order valence-electron chi connectivity index (χ2n) is 4.28. The van der Waals surface area contributed by atoms with E-state index in [4.69, 9.17) is 5.73 Å². The molecule has 0 aliphatic heterocycles. The van der Waals surface area contributed by atoms with E-state index in [2.05, 4.69) is 54.6 Å². The van der Waals surface area contributed by atoms with Crippen molar-refractivity contribution in [2.45, 2.75) is 12.8 Å². The first-order valence-corrected chi connectivity index (χ1v) is 6.43. The van der Waals surface area contributed by atoms with Gasteiger partial charge in [0.1, 0.15) is 0 Å². The van der Waals surface area contributed by atoms with Crippen molar-refractivity contribution in [3.05, 3.63) is 77.9 Å². The van der Waals surface area contributed by atoms with Gasteiger partial charge in [-0.3, -0.25) is 0 Å². The van der Waals surface area contributed by atoms with Crippen molar-refractivity contribution >= 4 is 18.0 Å². The van der Waals surface area contributed by atoms with Crippen LogP contribution in [0.25, 0.3) is 5.57 Å². The lowest BCUT2D eigenvalue weighted by Crippen LogP contribution is -1.97. The van der Waals surface area contributed by atoms with Gasteiger partial charge in [0, 0.05) is 0 Å². The van der Waals surface area contributed by atoms with Gasteiger partial charge in [-0.05, 0) is 36.1 Å². The predicted octanol–water partition coefficient (Wildman–Crippen LogP) is 4.28. The van der Waals surface area contributed by atoms with E-state index >= 15 is 0 Å². The Kier molecular flexibility index (Phi) is 6.94. The molecule has 2 aromatic rings. The Hall–Kier alpha value is -1.57. The third-order valence-corrected chi connectivity index (χ3v) is 2.93. The summed E-state index contributed by atoms with van der Waals surface area (Å²) >= 11 is 0. The average molecular weight is 274 g/mol. The van der Waals surface area contributed by atoms with Crippen LogP contribution in [0.15, 0.2) is 66.7 Å². The number of allylic oxidation sites excluding steroid dienone is 1. The van der Waals surface area contributed by atoms with Crippen LogP contribution in [-0.4, -0.2) is 6.54 Å². The monoisotopic (exact) mass is 273 g/mol. The number of nitrogens with two attached hydrogens (primary N) is 1. The minimum Gasteiger partial charge on any atom is -0.330 e. The van der Waals surface area contributed by atoms with Crippen LogP contribution in [0.1, 0.15) is 24.0 Å². The Morgan fingerprint density at radius 1 is 0.842 bits per heavy atom. The molecule has 0 aromatic heterocycles. The molecule has 0 fully saturated rings. The fraction of sp³-hybridized carbons (Fsp3) is 0.176. The van der Waals surface area contributed by atoms with Crippen molar-refractivity contribution in [3.63, 3.8) is 0 Å². The Balaban J connectivity index is 0.00000180. The van der Waals surface area contributed by atoms with Crippen LogP contribution < -0.4 is 5.73 Å². The molecule has 19 heavy (non-hydrogen) atoms. The van der Waals surface area contributed by atoms with Crippen LogP contribution in [0.5, 0.6) is 0 Å². The molecule has 0 aliphatic rings. The van der Waals surface area contributed by atoms with Crippen molar-refractivity contribution in [2.75, 3.05) is 6.54 Å². The van der Waals surface area contributed by atoms with Crippen LogP contribution >= 0.6 is 12.4 Å². The molecule has 0 amide bonds. The highest BCUT2D eigenvalue weighted by Crippen LogP contribution is 2.23. The largest absolute Gasteiger partial charge is 0.330 e. The zero-order valence-electron chi connectivity index (χ0n) is 11.0. The summed E-state index contributed by atoms with van der Waals surface area (Å²) in [5.41, 5.74) is 9.39. The fourth-order valence-electron chi connectivity index (χ4n) is 2.00. The average Bonchev–Trinajstić information content (AvgIpc) is 2.46. The molecular formula is C17H20ClN. The van der Waals surface area contributed by atoms with Crippen molar-refractivity contribution < 1.29 is 0 Å². The van der Waals surface area contributed by atoms with Gasteiger partial charge in [-0.25, -0.2) is 0 Å². The van der Waals surface area contributed by atoms with Gasteiger partial charge in [0.05, 0.1) is 0 Å². The molecule has 0 radical (unpaired) electrons. The number of halogens is 1. The van der Waals surface area contributed by atoms with E-state index in [-0.39, 0.29) is 12.4 Å². The minimum absolute atomic E-state index is 0. The Labute approximate surface area is 121 Å². The van der Waals surface area contributed by atoms with Crippen LogP contribution in [0.3, 0.4) is 0 Å². The molecule has 2 aromatic carbocycles. The third kappa shape index (κ3) is 4.55. The number of unbranched alkanes of at least 4 members (excludes halogenated alkanes) is 1. The van der Waals surface area contributed by atoms with Crippen LogP contribution in [-0.2, 0) is 0 Å². The minimum atomic E-state index is 0. The van der Waals surface area contributed by atoms with Crippen LogP contribution in [0.4, 0.5) is 0 Å². The van der Waals surface area contributed by atoms with Gasteiger partial charge >= 0.3 is 0 Å². The van der Waals surface area contributed by atoms with E-state index in [0.717, 1.165) is 19.4 Å². The van der Waals surface area contributed by atoms with Gasteiger partial charge in [-0.15, -0.1) is 12.4 Å². The summed E-state index contributed by atoms with van der Waals surface area (Å²) in [4.78, 5) is 0. The summed E-state index contributed by atoms with van der Waals surface area (Å²) in [6, 6.07) is 21.0. The Morgan fingerprint density at radius 2 is 1.32 bits per heavy atom. The zero-order chi connectivity index (χ0) is 12.6. The normalized spacial score (nSPS) is 9.53. The number of hydrogen-bond acceptors (Lipinski definition) is 1. The van der Waals surface area contributed by atoms with E-state index in [1.807, 2.05) is 12.1 Å². The molecule has 0 aliphatic carbocycles. The first kappa shape index (κ1) is 15.5. The van der Waals surface area contributed by atoms with Crippen molar-refractivity contribution in [1.29, 1.82) is 0 Å². The molecule has 0 spiro atoms. The molecule has 0 saturated carbocycles. The quantitative estimate of drug-likeness (QED) is 0.809. The molecule has 100 valence electrons. The summed E-state index contributed by atoms with van der Waals surface area (Å²) in [6.07, 6.45) is 4.34. The van der Waals surface area contributed by atoms with E-state index < -0.39 is 0 Å². The molecule has 0 bridgehead atoms. The maximum atomic E-state index is 5.56. The third-order valence-electron chi connectivity index (χ3n) is 2.93. The number of hydrogen-bond donors (Lipinski definition) is 1. The summed E-state index contributed by atoms with van der Waals surface area (Å²) in [7, 11) is 0.